The number of hydrogen-bond donors (Lipinski definition) is 2. The highest BCUT2D eigenvalue weighted by Gasteiger charge is 2.10. The lowest BCUT2D eigenvalue weighted by Crippen LogP contribution is -2.14. The van der Waals surface area contributed by atoms with Gasteiger partial charge >= 0.3 is 5.97 Å². The summed E-state index contributed by atoms with van der Waals surface area (Å²) in [6, 6.07) is 16.2. The van der Waals surface area contributed by atoms with Crippen LogP contribution in [-0.4, -0.2) is 24.0 Å². The fourth-order valence-corrected chi connectivity index (χ4v) is 2.88. The second kappa shape index (κ2) is 8.35. The number of carbonyl (C=O) groups excluding carboxylic acids is 2. The van der Waals surface area contributed by atoms with Crippen LogP contribution < -0.4 is 10.6 Å². The van der Waals surface area contributed by atoms with Crippen molar-refractivity contribution >= 4 is 28.9 Å². The van der Waals surface area contributed by atoms with E-state index < -0.39 is 5.97 Å². The Morgan fingerprint density at radius 1 is 0.893 bits per heavy atom. The van der Waals surface area contributed by atoms with E-state index in [-0.39, 0.29) is 11.6 Å². The van der Waals surface area contributed by atoms with Gasteiger partial charge in [-0.3, -0.25) is 9.78 Å². The number of amides is 1. The topological polar surface area (TPSA) is 80.3 Å². The highest BCUT2D eigenvalue weighted by molar-refractivity contribution is 6.03. The van der Waals surface area contributed by atoms with Gasteiger partial charge in [0, 0.05) is 23.3 Å². The number of rotatable bonds is 5. The van der Waals surface area contributed by atoms with Crippen LogP contribution >= 0.6 is 0 Å². The first kappa shape index (κ1) is 19.1. The molecule has 2 aromatic carbocycles. The van der Waals surface area contributed by atoms with Gasteiger partial charge in [0.25, 0.3) is 5.91 Å². The Morgan fingerprint density at radius 3 is 2.32 bits per heavy atom. The maximum Gasteiger partial charge on any atom is 0.337 e. The number of anilines is 3. The van der Waals surface area contributed by atoms with E-state index >= 15 is 0 Å². The van der Waals surface area contributed by atoms with Crippen molar-refractivity contribution in [3.63, 3.8) is 0 Å². The lowest BCUT2D eigenvalue weighted by Gasteiger charge is -2.10. The van der Waals surface area contributed by atoms with Gasteiger partial charge in [-0.05, 0) is 67.4 Å². The molecule has 3 rings (SSSR count). The number of aryl methyl sites for hydroxylation is 2. The third-order valence-corrected chi connectivity index (χ3v) is 4.04. The van der Waals surface area contributed by atoms with Crippen LogP contribution in [0.25, 0.3) is 0 Å². The van der Waals surface area contributed by atoms with Gasteiger partial charge in [0.15, 0.2) is 0 Å². The minimum absolute atomic E-state index is 0.285. The molecule has 1 amide bonds. The van der Waals surface area contributed by atoms with Gasteiger partial charge in [0.05, 0.1) is 12.7 Å². The Labute approximate surface area is 163 Å². The lowest BCUT2D eigenvalue weighted by molar-refractivity contribution is 0.0600. The molecule has 0 fully saturated rings. The highest BCUT2D eigenvalue weighted by Crippen LogP contribution is 2.20. The molecule has 2 N–H and O–H groups in total. The number of esters is 1. The van der Waals surface area contributed by atoms with Gasteiger partial charge in [0.1, 0.15) is 5.69 Å². The minimum Gasteiger partial charge on any atom is -0.465 e. The van der Waals surface area contributed by atoms with Crippen molar-refractivity contribution in [3.8, 4) is 0 Å². The molecule has 0 bridgehead atoms. The standard InChI is InChI=1S/C22H21N3O3/c1-14-9-15(2)11-19(10-14)25-21(26)20-13-18(7-8-23-20)24-17-6-4-5-16(12-17)22(27)28-3/h4-13H,1-3H3,(H,23,24)(H,25,26). The summed E-state index contributed by atoms with van der Waals surface area (Å²) < 4.78 is 4.74. The van der Waals surface area contributed by atoms with Crippen molar-refractivity contribution in [2.75, 3.05) is 17.7 Å². The SMILES string of the molecule is COC(=O)c1cccc(Nc2ccnc(C(=O)Nc3cc(C)cc(C)c3)c2)c1. The summed E-state index contributed by atoms with van der Waals surface area (Å²) in [6.45, 7) is 3.96. The molecule has 142 valence electrons. The first-order valence-corrected chi connectivity index (χ1v) is 8.76. The molecular weight excluding hydrogens is 354 g/mol. The van der Waals surface area contributed by atoms with Crippen molar-refractivity contribution in [3.05, 3.63) is 83.2 Å². The average molecular weight is 375 g/mol. The van der Waals surface area contributed by atoms with Crippen molar-refractivity contribution in [2.45, 2.75) is 13.8 Å². The van der Waals surface area contributed by atoms with E-state index in [0.29, 0.717) is 16.9 Å². The molecule has 6 nitrogen and oxygen atoms in total. The minimum atomic E-state index is -0.410. The second-order valence-corrected chi connectivity index (χ2v) is 6.46. The fraction of sp³-hybridized carbons (Fsp3) is 0.136. The first-order chi connectivity index (χ1) is 13.4. The van der Waals surface area contributed by atoms with E-state index in [9.17, 15) is 9.59 Å². The fourth-order valence-electron chi connectivity index (χ4n) is 2.88. The summed E-state index contributed by atoms with van der Waals surface area (Å²) in [7, 11) is 1.34. The Morgan fingerprint density at radius 2 is 1.61 bits per heavy atom. The summed E-state index contributed by atoms with van der Waals surface area (Å²) in [5.41, 5.74) is 4.99. The molecule has 0 saturated heterocycles. The molecule has 3 aromatic rings. The van der Waals surface area contributed by atoms with Crippen molar-refractivity contribution < 1.29 is 14.3 Å². The largest absolute Gasteiger partial charge is 0.465 e. The predicted molar refractivity (Wildman–Crippen MR) is 109 cm³/mol. The molecule has 0 saturated carbocycles. The number of methoxy groups -OCH3 is 1. The third kappa shape index (κ3) is 4.73. The number of nitrogens with one attached hydrogen (secondary N) is 2. The van der Waals surface area contributed by atoms with Crippen molar-refractivity contribution in [1.82, 2.24) is 4.98 Å². The summed E-state index contributed by atoms with van der Waals surface area (Å²) in [4.78, 5) is 28.4. The molecule has 28 heavy (non-hydrogen) atoms. The van der Waals surface area contributed by atoms with E-state index in [0.717, 1.165) is 16.8 Å². The van der Waals surface area contributed by atoms with Crippen molar-refractivity contribution in [1.29, 1.82) is 0 Å². The maximum atomic E-state index is 12.6. The molecule has 0 spiro atoms. The van der Waals surface area contributed by atoms with E-state index in [1.54, 1.807) is 36.5 Å². The number of ether oxygens (including phenoxy) is 1. The molecule has 0 radical (unpaired) electrons. The first-order valence-electron chi connectivity index (χ1n) is 8.76. The Hall–Kier alpha value is -3.67. The summed E-state index contributed by atoms with van der Waals surface area (Å²) in [5, 5.41) is 6.05. The molecule has 0 atom stereocenters. The molecule has 0 aliphatic rings. The van der Waals surface area contributed by atoms with Crippen LogP contribution in [0.15, 0.2) is 60.8 Å². The smallest absolute Gasteiger partial charge is 0.337 e. The van der Waals surface area contributed by atoms with Crippen LogP contribution in [0.4, 0.5) is 17.1 Å². The number of nitrogens with zero attached hydrogens (tertiary/aromatic N) is 1. The predicted octanol–water partition coefficient (Wildman–Crippen LogP) is 4.48. The van der Waals surface area contributed by atoms with Gasteiger partial charge in [-0.25, -0.2) is 4.79 Å². The number of hydrogen-bond acceptors (Lipinski definition) is 5. The molecule has 0 aliphatic carbocycles. The molecule has 0 unspecified atom stereocenters. The zero-order chi connectivity index (χ0) is 20.1. The van der Waals surface area contributed by atoms with Gasteiger partial charge in [-0.1, -0.05) is 12.1 Å². The molecule has 1 heterocycles. The Balaban J connectivity index is 1.76. The second-order valence-electron chi connectivity index (χ2n) is 6.46. The molecule has 0 aliphatic heterocycles. The van der Waals surface area contributed by atoms with E-state index in [1.807, 2.05) is 38.1 Å². The Kier molecular flexibility index (Phi) is 5.69. The van der Waals surface area contributed by atoms with Gasteiger partial charge in [-0.2, -0.15) is 0 Å². The molecular formula is C22H21N3O3. The normalized spacial score (nSPS) is 10.2. The third-order valence-electron chi connectivity index (χ3n) is 4.04. The molecule has 6 heteroatoms. The summed E-state index contributed by atoms with van der Waals surface area (Å²) >= 11 is 0. The Bertz CT molecular complexity index is 1010. The van der Waals surface area contributed by atoms with Crippen LogP contribution in [0.1, 0.15) is 32.0 Å². The average Bonchev–Trinajstić information content (AvgIpc) is 2.67. The number of benzene rings is 2. The quantitative estimate of drug-likeness (QED) is 0.643. The maximum absolute atomic E-state index is 12.6. The zero-order valence-electron chi connectivity index (χ0n) is 15.9. The van der Waals surface area contributed by atoms with Gasteiger partial charge in [-0.15, -0.1) is 0 Å². The number of aromatic nitrogens is 1. The summed E-state index contributed by atoms with van der Waals surface area (Å²) in [6.07, 6.45) is 1.56. The van der Waals surface area contributed by atoms with Crippen LogP contribution in [0.3, 0.4) is 0 Å². The number of pyridine rings is 1. The summed E-state index contributed by atoms with van der Waals surface area (Å²) in [5.74, 6) is -0.705. The van der Waals surface area contributed by atoms with Gasteiger partial charge in [0.2, 0.25) is 0 Å². The number of carbonyl (C=O) groups is 2. The monoisotopic (exact) mass is 375 g/mol. The van der Waals surface area contributed by atoms with Gasteiger partial charge < -0.3 is 15.4 Å². The van der Waals surface area contributed by atoms with Crippen molar-refractivity contribution in [2.24, 2.45) is 0 Å². The highest BCUT2D eigenvalue weighted by atomic mass is 16.5. The molecule has 1 aromatic heterocycles. The lowest BCUT2D eigenvalue weighted by atomic mass is 10.1. The van der Waals surface area contributed by atoms with E-state index in [2.05, 4.69) is 15.6 Å². The van der Waals surface area contributed by atoms with Crippen LogP contribution in [0, 0.1) is 13.8 Å². The zero-order valence-corrected chi connectivity index (χ0v) is 15.9. The van der Waals surface area contributed by atoms with Crippen LogP contribution in [-0.2, 0) is 4.74 Å². The van der Waals surface area contributed by atoms with E-state index in [1.165, 1.54) is 7.11 Å². The van der Waals surface area contributed by atoms with Crippen LogP contribution in [0.2, 0.25) is 0 Å². The van der Waals surface area contributed by atoms with E-state index in [4.69, 9.17) is 4.74 Å². The van der Waals surface area contributed by atoms with Crippen LogP contribution in [0.5, 0.6) is 0 Å².